The second-order valence-electron chi connectivity index (χ2n) is 10.4. The number of carbonyl (C=O) groups excluding carboxylic acids is 1. The van der Waals surface area contributed by atoms with E-state index in [0.717, 1.165) is 56.8 Å². The fraction of sp³-hybridized carbons (Fsp3) is 0.500. The molecule has 0 saturated carbocycles. The van der Waals surface area contributed by atoms with Crippen LogP contribution in [0.25, 0.3) is 0 Å². The molecule has 3 heterocycles. The van der Waals surface area contributed by atoms with E-state index in [0.29, 0.717) is 25.5 Å². The van der Waals surface area contributed by atoms with E-state index in [1.165, 1.54) is 5.56 Å². The molecule has 2 aromatic carbocycles. The van der Waals surface area contributed by atoms with Gasteiger partial charge in [0.15, 0.2) is 0 Å². The highest BCUT2D eigenvalue weighted by molar-refractivity contribution is 5.85. The Hall–Kier alpha value is -3.06. The third-order valence-corrected chi connectivity index (χ3v) is 8.38. The van der Waals surface area contributed by atoms with Crippen molar-refractivity contribution < 1.29 is 19.4 Å². The first-order chi connectivity index (χ1) is 17.0. The van der Waals surface area contributed by atoms with Crippen molar-refractivity contribution in [1.29, 1.82) is 0 Å². The average molecular weight is 478 g/mol. The van der Waals surface area contributed by atoms with Crippen LogP contribution in [0.1, 0.15) is 36.3 Å². The van der Waals surface area contributed by atoms with E-state index >= 15 is 0 Å². The monoisotopic (exact) mass is 477 g/mol. The molecule has 0 unspecified atom stereocenters. The molecule has 3 aliphatic heterocycles. The Morgan fingerprint density at radius 2 is 1.69 bits per heavy atom. The molecule has 2 atom stereocenters. The lowest BCUT2D eigenvalue weighted by atomic mass is 9.76. The fourth-order valence-electron chi connectivity index (χ4n) is 6.24. The van der Waals surface area contributed by atoms with Crippen LogP contribution in [0.2, 0.25) is 0 Å². The Morgan fingerprint density at radius 1 is 1.00 bits per heavy atom. The smallest absolute Gasteiger partial charge is 0.407 e. The molecule has 2 amide bonds. The maximum atomic E-state index is 13.4. The van der Waals surface area contributed by atoms with Crippen LogP contribution in [-0.4, -0.2) is 78.2 Å². The second-order valence-corrected chi connectivity index (χ2v) is 10.4. The molecule has 3 fully saturated rings. The van der Waals surface area contributed by atoms with Crippen LogP contribution in [0.15, 0.2) is 54.6 Å². The highest BCUT2D eigenvalue weighted by Crippen LogP contribution is 2.43. The van der Waals surface area contributed by atoms with Crippen molar-refractivity contribution in [2.75, 3.05) is 46.4 Å². The molecule has 35 heavy (non-hydrogen) atoms. The molecule has 7 nitrogen and oxygen atoms in total. The van der Waals surface area contributed by atoms with Crippen molar-refractivity contribution in [3.05, 3.63) is 65.7 Å². The van der Waals surface area contributed by atoms with Gasteiger partial charge >= 0.3 is 6.09 Å². The molecule has 3 saturated heterocycles. The van der Waals surface area contributed by atoms with Crippen molar-refractivity contribution in [3.63, 3.8) is 0 Å². The zero-order valence-corrected chi connectivity index (χ0v) is 20.4. The van der Waals surface area contributed by atoms with Gasteiger partial charge in [0.2, 0.25) is 5.91 Å². The molecular weight excluding hydrogens is 442 g/mol. The van der Waals surface area contributed by atoms with Crippen LogP contribution in [-0.2, 0) is 11.3 Å². The molecule has 0 aliphatic carbocycles. The lowest BCUT2D eigenvalue weighted by Crippen LogP contribution is -2.46. The predicted molar refractivity (Wildman–Crippen MR) is 133 cm³/mol. The summed E-state index contributed by atoms with van der Waals surface area (Å²) in [5, 5.41) is 9.59. The zero-order chi connectivity index (χ0) is 24.4. The summed E-state index contributed by atoms with van der Waals surface area (Å²) in [6.45, 7) is 5.27. The largest absolute Gasteiger partial charge is 0.497 e. The highest BCUT2D eigenvalue weighted by Gasteiger charge is 2.48. The van der Waals surface area contributed by atoms with Gasteiger partial charge in [-0.2, -0.15) is 0 Å². The second kappa shape index (κ2) is 9.90. The molecule has 186 valence electrons. The number of hydrogen-bond donors (Lipinski definition) is 1. The first-order valence-corrected chi connectivity index (χ1v) is 12.6. The molecule has 1 N–H and O–H groups in total. The summed E-state index contributed by atoms with van der Waals surface area (Å²) in [6, 6.07) is 18.3. The van der Waals surface area contributed by atoms with Gasteiger partial charge in [-0.3, -0.25) is 4.79 Å². The number of nitrogens with zero attached hydrogens (tertiary/aromatic N) is 3. The molecular formula is C28H35N3O4. The zero-order valence-electron chi connectivity index (χ0n) is 20.4. The van der Waals surface area contributed by atoms with E-state index in [-0.39, 0.29) is 17.3 Å². The van der Waals surface area contributed by atoms with E-state index in [4.69, 9.17) is 4.74 Å². The van der Waals surface area contributed by atoms with Gasteiger partial charge in [-0.25, -0.2) is 4.79 Å². The van der Waals surface area contributed by atoms with Crippen molar-refractivity contribution in [2.45, 2.75) is 31.7 Å². The molecule has 0 aromatic heterocycles. The van der Waals surface area contributed by atoms with Crippen LogP contribution >= 0.6 is 0 Å². The number of benzene rings is 2. The highest BCUT2D eigenvalue weighted by atomic mass is 16.5. The summed E-state index contributed by atoms with van der Waals surface area (Å²) in [4.78, 5) is 31.1. The average Bonchev–Trinajstić information content (AvgIpc) is 3.44. The van der Waals surface area contributed by atoms with E-state index in [1.807, 2.05) is 47.4 Å². The van der Waals surface area contributed by atoms with Crippen molar-refractivity contribution in [1.82, 2.24) is 14.7 Å². The van der Waals surface area contributed by atoms with E-state index in [9.17, 15) is 14.7 Å². The summed E-state index contributed by atoms with van der Waals surface area (Å²) >= 11 is 0. The summed E-state index contributed by atoms with van der Waals surface area (Å²) < 4.78 is 5.24. The minimum atomic E-state index is -0.834. The van der Waals surface area contributed by atoms with Crippen LogP contribution in [0.4, 0.5) is 4.79 Å². The summed E-state index contributed by atoms with van der Waals surface area (Å²) in [6.07, 6.45) is 1.87. The van der Waals surface area contributed by atoms with Gasteiger partial charge in [0.05, 0.1) is 12.5 Å². The van der Waals surface area contributed by atoms with Crippen LogP contribution in [0.3, 0.4) is 0 Å². The fourth-order valence-corrected chi connectivity index (χ4v) is 6.24. The number of rotatable bonds is 6. The van der Waals surface area contributed by atoms with Crippen LogP contribution in [0, 0.1) is 11.3 Å². The normalized spacial score (nSPS) is 24.3. The van der Waals surface area contributed by atoms with Crippen LogP contribution < -0.4 is 4.74 Å². The van der Waals surface area contributed by atoms with E-state index < -0.39 is 6.09 Å². The predicted octanol–water partition coefficient (Wildman–Crippen LogP) is 3.90. The van der Waals surface area contributed by atoms with Gasteiger partial charge in [-0.1, -0.05) is 42.5 Å². The Balaban J connectivity index is 1.19. The Bertz CT molecular complexity index is 1030. The number of piperidine rings is 1. The standard InChI is InChI=1S/C28H35N3O4/c1-35-24-9-7-21(8-10-24)17-30-16-13-28(26(30)32)11-14-29(15-12-28)18-23-19-31(27(33)34)20-25(23)22-5-3-2-4-6-22/h2-10,23,25H,11-20H2,1H3,(H,33,34)/t23-,25+/m0/s1. The van der Waals surface area contributed by atoms with Gasteiger partial charge in [0.1, 0.15) is 5.75 Å². The number of carbonyl (C=O) groups is 2. The van der Waals surface area contributed by atoms with Crippen molar-refractivity contribution >= 4 is 12.0 Å². The van der Waals surface area contributed by atoms with Crippen molar-refractivity contribution in [3.8, 4) is 5.75 Å². The lowest BCUT2D eigenvalue weighted by Gasteiger charge is -2.39. The summed E-state index contributed by atoms with van der Waals surface area (Å²) in [7, 11) is 1.66. The molecule has 0 bridgehead atoms. The lowest BCUT2D eigenvalue weighted by molar-refractivity contribution is -0.139. The summed E-state index contributed by atoms with van der Waals surface area (Å²) in [5.74, 6) is 1.62. The maximum Gasteiger partial charge on any atom is 0.407 e. The number of ether oxygens (including phenoxy) is 1. The first-order valence-electron chi connectivity index (χ1n) is 12.6. The number of hydrogen-bond acceptors (Lipinski definition) is 4. The Morgan fingerprint density at radius 3 is 2.34 bits per heavy atom. The number of amides is 2. The SMILES string of the molecule is COc1ccc(CN2CCC3(CCN(C[C@H]4CN(C(=O)O)C[C@@H]4c4ccccc4)CC3)C2=O)cc1. The quantitative estimate of drug-likeness (QED) is 0.683. The number of methoxy groups -OCH3 is 1. The summed E-state index contributed by atoms with van der Waals surface area (Å²) in [5.41, 5.74) is 2.12. The third-order valence-electron chi connectivity index (χ3n) is 8.38. The minimum Gasteiger partial charge on any atom is -0.497 e. The van der Waals surface area contributed by atoms with Gasteiger partial charge < -0.3 is 24.5 Å². The Labute approximate surface area is 207 Å². The molecule has 2 aromatic rings. The third kappa shape index (κ3) is 4.87. The number of carboxylic acid groups (broad SMARTS) is 1. The molecule has 7 heteroatoms. The molecule has 1 spiro atoms. The van der Waals surface area contributed by atoms with Gasteiger partial charge in [-0.15, -0.1) is 0 Å². The molecule has 3 aliphatic rings. The van der Waals surface area contributed by atoms with Gasteiger partial charge in [-0.05, 0) is 61.5 Å². The van der Waals surface area contributed by atoms with Crippen molar-refractivity contribution in [2.24, 2.45) is 11.3 Å². The van der Waals surface area contributed by atoms with E-state index in [2.05, 4.69) is 17.0 Å². The van der Waals surface area contributed by atoms with Gasteiger partial charge in [0, 0.05) is 38.6 Å². The Kier molecular flexibility index (Phi) is 6.69. The number of likely N-dealkylation sites (tertiary alicyclic amines) is 3. The maximum absolute atomic E-state index is 13.4. The molecule has 0 radical (unpaired) electrons. The van der Waals surface area contributed by atoms with E-state index in [1.54, 1.807) is 12.0 Å². The topological polar surface area (TPSA) is 73.3 Å². The molecule has 5 rings (SSSR count). The first kappa shape index (κ1) is 23.7. The van der Waals surface area contributed by atoms with Gasteiger partial charge in [0.25, 0.3) is 0 Å². The van der Waals surface area contributed by atoms with Crippen LogP contribution in [0.5, 0.6) is 5.75 Å². The minimum absolute atomic E-state index is 0.219.